The number of carbonyl (C=O) groups is 1. The highest BCUT2D eigenvalue weighted by atomic mass is 19.1. The van der Waals surface area contributed by atoms with Gasteiger partial charge in [0.05, 0.1) is 19.3 Å². The highest BCUT2D eigenvalue weighted by Gasteiger charge is 2.54. The fraction of sp³-hybridized carbons (Fsp3) is 0.875. The number of methoxy groups -OCH3 is 1. The minimum absolute atomic E-state index is 0.0147. The number of fused-ring (bicyclic) bond motifs is 1. The van der Waals surface area contributed by atoms with Gasteiger partial charge in [-0.2, -0.15) is 0 Å². The maximum atomic E-state index is 13.2. The van der Waals surface area contributed by atoms with Gasteiger partial charge in [0.15, 0.2) is 0 Å². The van der Waals surface area contributed by atoms with Crippen LogP contribution in [0, 0.1) is 5.92 Å². The number of alkyl halides is 1. The molecule has 0 aromatic rings. The second-order valence-corrected chi connectivity index (χ2v) is 3.31. The minimum Gasteiger partial charge on any atom is -0.467 e. The number of epoxide rings is 1. The maximum absolute atomic E-state index is 13.2. The maximum Gasteiger partial charge on any atom is 0.340 e. The summed E-state index contributed by atoms with van der Waals surface area (Å²) in [6.07, 6.45) is 0.336. The van der Waals surface area contributed by atoms with Gasteiger partial charge in [0, 0.05) is 5.92 Å². The lowest BCUT2D eigenvalue weighted by Crippen LogP contribution is -2.28. The molecule has 2 rings (SSSR count). The van der Waals surface area contributed by atoms with Crippen molar-refractivity contribution in [2.75, 3.05) is 7.11 Å². The Morgan fingerprint density at radius 2 is 2.42 bits per heavy atom. The van der Waals surface area contributed by atoms with Crippen molar-refractivity contribution in [2.45, 2.75) is 31.2 Å². The van der Waals surface area contributed by atoms with Crippen molar-refractivity contribution in [3.63, 3.8) is 0 Å². The second-order valence-electron chi connectivity index (χ2n) is 3.31. The second kappa shape index (κ2) is 2.69. The zero-order valence-electron chi connectivity index (χ0n) is 6.83. The Morgan fingerprint density at radius 1 is 1.67 bits per heavy atom. The van der Waals surface area contributed by atoms with Crippen molar-refractivity contribution in [1.29, 1.82) is 0 Å². The molecule has 0 amide bonds. The summed E-state index contributed by atoms with van der Waals surface area (Å²) < 4.78 is 22.7. The van der Waals surface area contributed by atoms with E-state index in [9.17, 15) is 9.18 Å². The number of halogens is 1. The lowest BCUT2D eigenvalue weighted by molar-refractivity contribution is -0.149. The van der Waals surface area contributed by atoms with E-state index in [0.717, 1.165) is 12.8 Å². The number of hydrogen-bond donors (Lipinski definition) is 0. The molecule has 68 valence electrons. The fourth-order valence-corrected chi connectivity index (χ4v) is 1.89. The topological polar surface area (TPSA) is 38.8 Å². The van der Waals surface area contributed by atoms with Gasteiger partial charge in [-0.05, 0) is 12.8 Å². The molecule has 0 bridgehead atoms. The zero-order chi connectivity index (χ0) is 8.72. The highest BCUT2D eigenvalue weighted by molar-refractivity contribution is 5.75. The SMILES string of the molecule is COC(=O)C(F)[C@H]1CC[C@@H]2O[C@@H]21. The molecule has 4 heteroatoms. The van der Waals surface area contributed by atoms with E-state index in [1.165, 1.54) is 7.11 Å². The summed E-state index contributed by atoms with van der Waals surface area (Å²) in [5.74, 6) is -1.03. The average molecular weight is 174 g/mol. The predicted octanol–water partition coefficient (Wildman–Crippen LogP) is 0.675. The molecule has 1 aliphatic carbocycles. The van der Waals surface area contributed by atoms with Crippen molar-refractivity contribution >= 4 is 5.97 Å². The molecule has 1 saturated heterocycles. The van der Waals surface area contributed by atoms with Gasteiger partial charge in [0.25, 0.3) is 0 Å². The summed E-state index contributed by atoms with van der Waals surface area (Å²) in [5, 5.41) is 0. The Bertz CT molecular complexity index is 206. The first-order valence-electron chi connectivity index (χ1n) is 4.11. The van der Waals surface area contributed by atoms with Gasteiger partial charge in [0.2, 0.25) is 6.17 Å². The number of hydrogen-bond acceptors (Lipinski definition) is 3. The van der Waals surface area contributed by atoms with Crippen LogP contribution in [0.5, 0.6) is 0 Å². The van der Waals surface area contributed by atoms with Crippen molar-refractivity contribution in [1.82, 2.24) is 0 Å². The predicted molar refractivity (Wildman–Crippen MR) is 38.3 cm³/mol. The van der Waals surface area contributed by atoms with E-state index in [0.29, 0.717) is 0 Å². The highest BCUT2D eigenvalue weighted by Crippen LogP contribution is 2.45. The molecule has 0 radical (unpaired) electrons. The van der Waals surface area contributed by atoms with E-state index in [-0.39, 0.29) is 18.1 Å². The van der Waals surface area contributed by atoms with Gasteiger partial charge in [-0.15, -0.1) is 0 Å². The lowest BCUT2D eigenvalue weighted by atomic mass is 10.0. The molecule has 12 heavy (non-hydrogen) atoms. The van der Waals surface area contributed by atoms with Crippen molar-refractivity contribution in [3.05, 3.63) is 0 Å². The molecule has 0 aromatic heterocycles. The van der Waals surface area contributed by atoms with Gasteiger partial charge in [-0.3, -0.25) is 0 Å². The van der Waals surface area contributed by atoms with Crippen LogP contribution in [0.25, 0.3) is 0 Å². The lowest BCUT2D eigenvalue weighted by Gasteiger charge is -2.13. The summed E-state index contributed by atoms with van der Waals surface area (Å²) in [4.78, 5) is 10.8. The smallest absolute Gasteiger partial charge is 0.340 e. The first-order valence-corrected chi connectivity index (χ1v) is 4.11. The van der Waals surface area contributed by atoms with Crippen LogP contribution in [-0.4, -0.2) is 31.5 Å². The van der Waals surface area contributed by atoms with Crippen LogP contribution in [0.1, 0.15) is 12.8 Å². The molecule has 0 spiro atoms. The van der Waals surface area contributed by atoms with E-state index in [1.807, 2.05) is 0 Å². The van der Waals surface area contributed by atoms with E-state index < -0.39 is 12.1 Å². The molecular formula is C8H11FO3. The molecule has 1 saturated carbocycles. The first-order chi connectivity index (χ1) is 5.74. The van der Waals surface area contributed by atoms with E-state index in [4.69, 9.17) is 4.74 Å². The van der Waals surface area contributed by atoms with Crippen LogP contribution in [-0.2, 0) is 14.3 Å². The molecule has 3 nitrogen and oxygen atoms in total. The van der Waals surface area contributed by atoms with Gasteiger partial charge in [-0.25, -0.2) is 9.18 Å². The Kier molecular flexibility index (Phi) is 1.79. The summed E-state index contributed by atoms with van der Waals surface area (Å²) in [7, 11) is 1.20. The van der Waals surface area contributed by atoms with Gasteiger partial charge in [-0.1, -0.05) is 0 Å². The molecule has 0 N–H and O–H groups in total. The summed E-state index contributed by atoms with van der Waals surface area (Å²) >= 11 is 0. The number of rotatable bonds is 2. The standard InChI is InChI=1S/C8H11FO3/c1-11-8(10)6(9)4-2-3-5-7(4)12-5/h4-7H,2-3H2,1H3/t4-,5+,6?,7-/m1/s1. The van der Waals surface area contributed by atoms with Crippen molar-refractivity contribution < 1.29 is 18.7 Å². The van der Waals surface area contributed by atoms with Crippen molar-refractivity contribution in [3.8, 4) is 0 Å². The van der Waals surface area contributed by atoms with Crippen LogP contribution in [0.15, 0.2) is 0 Å². The Hall–Kier alpha value is -0.640. The first kappa shape index (κ1) is 7.98. The van der Waals surface area contributed by atoms with Gasteiger partial charge in [0.1, 0.15) is 0 Å². The third-order valence-corrected chi connectivity index (χ3v) is 2.63. The van der Waals surface area contributed by atoms with E-state index in [2.05, 4.69) is 4.74 Å². The molecule has 2 aliphatic rings. The molecule has 1 aliphatic heterocycles. The summed E-state index contributed by atoms with van der Waals surface area (Å²) in [6.45, 7) is 0. The molecule has 1 unspecified atom stereocenters. The quantitative estimate of drug-likeness (QED) is 0.456. The average Bonchev–Trinajstić information content (AvgIpc) is 2.76. The normalized spacial score (nSPS) is 40.3. The van der Waals surface area contributed by atoms with Crippen LogP contribution >= 0.6 is 0 Å². The number of ether oxygens (including phenoxy) is 2. The molecular weight excluding hydrogens is 163 g/mol. The van der Waals surface area contributed by atoms with Gasteiger partial charge < -0.3 is 9.47 Å². The monoisotopic (exact) mass is 174 g/mol. The molecule has 2 fully saturated rings. The molecule has 0 aromatic carbocycles. The fourth-order valence-electron chi connectivity index (χ4n) is 1.89. The van der Waals surface area contributed by atoms with Crippen LogP contribution in [0.4, 0.5) is 4.39 Å². The molecule has 4 atom stereocenters. The summed E-state index contributed by atoms with van der Waals surface area (Å²) in [6, 6.07) is 0. The molecule has 1 heterocycles. The Balaban J connectivity index is 1.95. The van der Waals surface area contributed by atoms with E-state index in [1.54, 1.807) is 0 Å². The summed E-state index contributed by atoms with van der Waals surface area (Å²) in [5.41, 5.74) is 0. The number of carbonyl (C=O) groups excluding carboxylic acids is 1. The third-order valence-electron chi connectivity index (χ3n) is 2.63. The minimum atomic E-state index is -1.49. The Morgan fingerprint density at radius 3 is 2.83 bits per heavy atom. The largest absolute Gasteiger partial charge is 0.467 e. The van der Waals surface area contributed by atoms with E-state index >= 15 is 0 Å². The van der Waals surface area contributed by atoms with Crippen molar-refractivity contribution in [2.24, 2.45) is 5.92 Å². The van der Waals surface area contributed by atoms with Crippen LogP contribution in [0.3, 0.4) is 0 Å². The third kappa shape index (κ3) is 1.10. The van der Waals surface area contributed by atoms with Gasteiger partial charge >= 0.3 is 5.97 Å². The van der Waals surface area contributed by atoms with Crippen LogP contribution < -0.4 is 0 Å². The zero-order valence-corrected chi connectivity index (χ0v) is 6.83. The van der Waals surface area contributed by atoms with Crippen LogP contribution in [0.2, 0.25) is 0 Å². The number of esters is 1. The Labute approximate surface area is 69.8 Å².